The summed E-state index contributed by atoms with van der Waals surface area (Å²) in [6.45, 7) is 0.249. The van der Waals surface area contributed by atoms with Crippen molar-refractivity contribution in [2.75, 3.05) is 0 Å². The van der Waals surface area contributed by atoms with Crippen LogP contribution in [0.3, 0.4) is 0 Å². The third kappa shape index (κ3) is 3.40. The number of benzene rings is 2. The summed E-state index contributed by atoms with van der Waals surface area (Å²) in [7, 11) is -1.95. The summed E-state index contributed by atoms with van der Waals surface area (Å²) in [5.41, 5.74) is 1.92. The molecule has 0 unspecified atom stereocenters. The van der Waals surface area contributed by atoms with Gasteiger partial charge in [-0.1, -0.05) is 18.2 Å². The zero-order valence-corrected chi connectivity index (χ0v) is 17.8. The molecule has 9 nitrogen and oxygen atoms in total. The highest BCUT2D eigenvalue weighted by Crippen LogP contribution is 2.28. The lowest BCUT2D eigenvalue weighted by Gasteiger charge is -2.09. The molecule has 0 radical (unpaired) electrons. The van der Waals surface area contributed by atoms with Gasteiger partial charge in [-0.05, 0) is 29.8 Å². The van der Waals surface area contributed by atoms with Gasteiger partial charge in [-0.2, -0.15) is 5.10 Å². The molecule has 5 aromatic rings. The molecule has 0 bridgehead atoms. The molecule has 0 saturated heterocycles. The summed E-state index contributed by atoms with van der Waals surface area (Å²) in [6.07, 6.45) is 7.99. The summed E-state index contributed by atoms with van der Waals surface area (Å²) in [5, 5.41) is 7.55. The van der Waals surface area contributed by atoms with E-state index >= 15 is 0 Å². The van der Waals surface area contributed by atoms with Crippen molar-refractivity contribution in [3.63, 3.8) is 0 Å². The summed E-state index contributed by atoms with van der Waals surface area (Å²) in [4.78, 5) is 21.0. The number of rotatable bonds is 5. The van der Waals surface area contributed by atoms with Crippen molar-refractivity contribution in [1.82, 2.24) is 29.5 Å². The average Bonchev–Trinajstić information content (AvgIpc) is 3.43. The fraction of sp³-hybridized carbons (Fsp3) is 0.0909. The highest BCUT2D eigenvalue weighted by Gasteiger charge is 2.21. The Morgan fingerprint density at radius 2 is 1.88 bits per heavy atom. The number of fused-ring (bicyclic) bond motifs is 2. The predicted molar refractivity (Wildman–Crippen MR) is 117 cm³/mol. The van der Waals surface area contributed by atoms with E-state index in [1.54, 1.807) is 77.3 Å². The average molecular weight is 446 g/mol. The number of nitrogens with zero attached hydrogens (tertiary/aromatic N) is 5. The van der Waals surface area contributed by atoms with E-state index < -0.39 is 9.84 Å². The van der Waals surface area contributed by atoms with Gasteiger partial charge in [0.2, 0.25) is 15.6 Å². The first-order chi connectivity index (χ1) is 15.4. The molecule has 0 atom stereocenters. The van der Waals surface area contributed by atoms with Crippen LogP contribution in [-0.2, 0) is 23.4 Å². The zero-order valence-electron chi connectivity index (χ0n) is 17.0. The van der Waals surface area contributed by atoms with Crippen LogP contribution in [0.2, 0.25) is 0 Å². The van der Waals surface area contributed by atoms with Crippen molar-refractivity contribution in [2.24, 2.45) is 7.05 Å². The number of nitrogens with one attached hydrogen (secondary N) is 1. The second-order valence-corrected chi connectivity index (χ2v) is 9.18. The van der Waals surface area contributed by atoms with Gasteiger partial charge >= 0.3 is 0 Å². The number of sulfone groups is 1. The molecule has 0 fully saturated rings. The maximum Gasteiger partial charge on any atom is 0.254 e. The number of carbonyl (C=O) groups is 1. The molecular weight excluding hydrogens is 428 g/mol. The van der Waals surface area contributed by atoms with Crippen molar-refractivity contribution >= 4 is 32.4 Å². The Kier molecular flexibility index (Phi) is 4.71. The maximum absolute atomic E-state index is 13.2. The van der Waals surface area contributed by atoms with Crippen molar-refractivity contribution in [1.29, 1.82) is 0 Å². The van der Waals surface area contributed by atoms with Crippen molar-refractivity contribution in [2.45, 2.75) is 16.3 Å². The van der Waals surface area contributed by atoms with E-state index in [9.17, 15) is 13.2 Å². The molecule has 3 aromatic heterocycles. The van der Waals surface area contributed by atoms with Gasteiger partial charge in [0.15, 0.2) is 0 Å². The van der Waals surface area contributed by atoms with E-state index in [4.69, 9.17) is 0 Å². The SMILES string of the molecule is Cn1ncc2c(S(=O)(=O)c3ccc(CNC(=O)c4cnc5nccn5c4)cc3)cccc21. The molecule has 0 aliphatic rings. The van der Waals surface area contributed by atoms with E-state index in [0.29, 0.717) is 16.7 Å². The second kappa shape index (κ2) is 7.57. The number of carbonyl (C=O) groups excluding carboxylic acids is 1. The highest BCUT2D eigenvalue weighted by atomic mass is 32.2. The summed E-state index contributed by atoms with van der Waals surface area (Å²) >= 11 is 0. The number of hydrogen-bond acceptors (Lipinski definition) is 6. The number of imidazole rings is 1. The third-order valence-corrected chi connectivity index (χ3v) is 7.06. The second-order valence-electron chi connectivity index (χ2n) is 7.26. The van der Waals surface area contributed by atoms with Crippen LogP contribution in [-0.4, -0.2) is 38.5 Å². The molecule has 0 saturated carbocycles. The van der Waals surface area contributed by atoms with Crippen LogP contribution in [0.1, 0.15) is 15.9 Å². The van der Waals surface area contributed by atoms with Gasteiger partial charge in [0.05, 0.1) is 27.1 Å². The van der Waals surface area contributed by atoms with Gasteiger partial charge in [-0.3, -0.25) is 13.9 Å². The lowest BCUT2D eigenvalue weighted by atomic mass is 10.2. The number of hydrogen-bond donors (Lipinski definition) is 1. The van der Waals surface area contributed by atoms with Crippen LogP contribution < -0.4 is 5.32 Å². The first-order valence-corrected chi connectivity index (χ1v) is 11.2. The minimum atomic E-state index is -3.72. The Bertz CT molecular complexity index is 1570. The molecular formula is C22H18N6O3S. The number of aryl methyl sites for hydroxylation is 1. The quantitative estimate of drug-likeness (QED) is 0.444. The van der Waals surface area contributed by atoms with E-state index in [0.717, 1.165) is 11.1 Å². The molecule has 1 N–H and O–H groups in total. The van der Waals surface area contributed by atoms with E-state index in [1.807, 2.05) is 6.07 Å². The van der Waals surface area contributed by atoms with Gasteiger partial charge < -0.3 is 5.32 Å². The summed E-state index contributed by atoms with van der Waals surface area (Å²) < 4.78 is 29.7. The molecule has 0 aliphatic carbocycles. The molecule has 5 rings (SSSR count). The van der Waals surface area contributed by atoms with Crippen LogP contribution in [0, 0.1) is 0 Å². The smallest absolute Gasteiger partial charge is 0.254 e. The van der Waals surface area contributed by atoms with Crippen LogP contribution >= 0.6 is 0 Å². The lowest BCUT2D eigenvalue weighted by Crippen LogP contribution is -2.23. The number of aromatic nitrogens is 5. The Hall–Kier alpha value is -4.05. The van der Waals surface area contributed by atoms with E-state index in [2.05, 4.69) is 20.4 Å². The number of amides is 1. The van der Waals surface area contributed by atoms with Gasteiger partial charge in [-0.15, -0.1) is 0 Å². The van der Waals surface area contributed by atoms with E-state index in [-0.39, 0.29) is 22.2 Å². The molecule has 0 spiro atoms. The first kappa shape index (κ1) is 19.9. The molecule has 1 amide bonds. The Morgan fingerprint density at radius 1 is 1.06 bits per heavy atom. The van der Waals surface area contributed by atoms with Gasteiger partial charge in [0.25, 0.3) is 5.91 Å². The predicted octanol–water partition coefficient (Wildman–Crippen LogP) is 2.38. The van der Waals surface area contributed by atoms with Gasteiger partial charge in [0, 0.05) is 43.8 Å². The standard InChI is InChI=1S/C22H18N6O3S/c1-27-19-3-2-4-20(18(19)13-26-27)32(30,31)17-7-5-15(6-8-17)11-24-21(29)16-12-25-22-23-9-10-28(22)14-16/h2-10,12-14H,11H2,1H3,(H,24,29). The minimum absolute atomic E-state index is 0.179. The maximum atomic E-state index is 13.2. The topological polar surface area (TPSA) is 111 Å². The minimum Gasteiger partial charge on any atom is -0.348 e. The van der Waals surface area contributed by atoms with Crippen LogP contribution in [0.4, 0.5) is 0 Å². The summed E-state index contributed by atoms with van der Waals surface area (Å²) in [6, 6.07) is 11.6. The lowest BCUT2D eigenvalue weighted by molar-refractivity contribution is 0.0950. The van der Waals surface area contributed by atoms with Gasteiger partial charge in [0.1, 0.15) is 0 Å². The van der Waals surface area contributed by atoms with Crippen LogP contribution in [0.5, 0.6) is 0 Å². The molecule has 0 aliphatic heterocycles. The fourth-order valence-electron chi connectivity index (χ4n) is 3.52. The van der Waals surface area contributed by atoms with Crippen molar-refractivity contribution in [3.8, 4) is 0 Å². The normalized spacial score (nSPS) is 11.8. The molecule has 10 heteroatoms. The Morgan fingerprint density at radius 3 is 2.69 bits per heavy atom. The molecule has 32 heavy (non-hydrogen) atoms. The molecule has 2 aromatic carbocycles. The largest absolute Gasteiger partial charge is 0.348 e. The fourth-order valence-corrected chi connectivity index (χ4v) is 4.97. The van der Waals surface area contributed by atoms with Crippen LogP contribution in [0.25, 0.3) is 16.7 Å². The Balaban J connectivity index is 1.33. The summed E-state index contributed by atoms with van der Waals surface area (Å²) in [5.74, 6) is 0.230. The van der Waals surface area contributed by atoms with Gasteiger partial charge in [-0.25, -0.2) is 18.4 Å². The zero-order chi connectivity index (χ0) is 22.3. The van der Waals surface area contributed by atoms with Crippen LogP contribution in [0.15, 0.2) is 83.2 Å². The molecule has 160 valence electrons. The van der Waals surface area contributed by atoms with Crippen molar-refractivity contribution in [3.05, 3.63) is 84.6 Å². The third-order valence-electron chi connectivity index (χ3n) is 5.24. The molecule has 3 heterocycles. The Labute approximate surface area is 183 Å². The van der Waals surface area contributed by atoms with E-state index in [1.165, 1.54) is 6.20 Å². The monoisotopic (exact) mass is 446 g/mol. The highest BCUT2D eigenvalue weighted by molar-refractivity contribution is 7.91. The first-order valence-electron chi connectivity index (χ1n) is 9.75. The van der Waals surface area contributed by atoms with Crippen molar-refractivity contribution < 1.29 is 13.2 Å².